The van der Waals surface area contributed by atoms with Gasteiger partial charge in [-0.05, 0) is 52.4 Å². The van der Waals surface area contributed by atoms with Crippen LogP contribution in [-0.2, 0) is 24.3 Å². The average Bonchev–Trinajstić information content (AvgIpc) is 2.50. The molecule has 0 bridgehead atoms. The number of nitrogens with zero attached hydrogens (tertiary/aromatic N) is 1. The fourth-order valence-corrected chi connectivity index (χ4v) is 4.09. The van der Waals surface area contributed by atoms with Crippen LogP contribution >= 0.6 is 15.9 Å². The van der Waals surface area contributed by atoms with Crippen LogP contribution in [0, 0.1) is 0 Å². The van der Waals surface area contributed by atoms with Gasteiger partial charge in [0, 0.05) is 4.47 Å². The van der Waals surface area contributed by atoms with Gasteiger partial charge in [0.25, 0.3) is 15.8 Å². The maximum atomic E-state index is 12.3. The van der Waals surface area contributed by atoms with Gasteiger partial charge in [0.2, 0.25) is 0 Å². The molecule has 1 aliphatic heterocycles. The molecule has 0 atom stereocenters. The standard InChI is InChI=1S/C15H12BrNO5S/c16-12-3-1-2-4-13(12)23(19,20)17-11-5-8-15(9-6-11)21-10-7-14(18)22-15/h1-6,8-9H,7,10H2. The van der Waals surface area contributed by atoms with E-state index >= 15 is 0 Å². The minimum Gasteiger partial charge on any atom is -0.425 e. The van der Waals surface area contributed by atoms with Crippen LogP contribution in [0.5, 0.6) is 0 Å². The van der Waals surface area contributed by atoms with E-state index in [0.29, 0.717) is 4.47 Å². The summed E-state index contributed by atoms with van der Waals surface area (Å²) in [5.41, 5.74) is 0.219. The first-order valence-electron chi connectivity index (χ1n) is 6.74. The summed E-state index contributed by atoms with van der Waals surface area (Å²) in [7, 11) is -3.85. The van der Waals surface area contributed by atoms with E-state index in [4.69, 9.17) is 9.47 Å². The van der Waals surface area contributed by atoms with E-state index in [1.807, 2.05) is 0 Å². The largest absolute Gasteiger partial charge is 0.425 e. The summed E-state index contributed by atoms with van der Waals surface area (Å²) < 4.78 is 39.5. The van der Waals surface area contributed by atoms with Gasteiger partial charge in [0.15, 0.2) is 0 Å². The van der Waals surface area contributed by atoms with Crippen molar-refractivity contribution in [3.8, 4) is 0 Å². The Hall–Kier alpha value is -1.77. The van der Waals surface area contributed by atoms with Crippen LogP contribution in [0.1, 0.15) is 6.42 Å². The number of allylic oxidation sites excluding steroid dienone is 2. The first-order chi connectivity index (χ1) is 10.9. The minimum atomic E-state index is -3.85. The number of carbonyl (C=O) groups is 1. The highest BCUT2D eigenvalue weighted by Gasteiger charge is 2.35. The van der Waals surface area contributed by atoms with Crippen LogP contribution in [0.15, 0.2) is 62.3 Å². The summed E-state index contributed by atoms with van der Waals surface area (Å²) >= 11 is 3.20. The summed E-state index contributed by atoms with van der Waals surface area (Å²) in [4.78, 5) is 11.4. The lowest BCUT2D eigenvalue weighted by Gasteiger charge is -2.32. The molecule has 120 valence electrons. The Morgan fingerprint density at radius 1 is 1.17 bits per heavy atom. The Kier molecular flexibility index (Phi) is 4.22. The molecule has 1 heterocycles. The molecule has 6 nitrogen and oxygen atoms in total. The Morgan fingerprint density at radius 2 is 1.87 bits per heavy atom. The number of hydrogen-bond acceptors (Lipinski definition) is 5. The number of benzene rings is 1. The van der Waals surface area contributed by atoms with Crippen molar-refractivity contribution in [1.29, 1.82) is 0 Å². The Morgan fingerprint density at radius 3 is 2.52 bits per heavy atom. The van der Waals surface area contributed by atoms with Crippen molar-refractivity contribution in [2.75, 3.05) is 6.61 Å². The molecule has 1 aromatic rings. The second kappa shape index (κ2) is 6.03. The zero-order chi connectivity index (χ0) is 16.5. The topological polar surface area (TPSA) is 82.0 Å². The number of esters is 1. The Bertz CT molecular complexity index is 825. The summed E-state index contributed by atoms with van der Waals surface area (Å²) in [5, 5.41) is 0. The molecule has 0 saturated carbocycles. The molecule has 1 fully saturated rings. The molecular weight excluding hydrogens is 386 g/mol. The van der Waals surface area contributed by atoms with Crippen molar-refractivity contribution in [2.24, 2.45) is 4.40 Å². The van der Waals surface area contributed by atoms with E-state index < -0.39 is 15.8 Å². The van der Waals surface area contributed by atoms with Crippen molar-refractivity contribution in [3.63, 3.8) is 0 Å². The number of ether oxygens (including phenoxy) is 2. The zero-order valence-electron chi connectivity index (χ0n) is 11.8. The maximum absolute atomic E-state index is 12.3. The third-order valence-electron chi connectivity index (χ3n) is 3.22. The highest BCUT2D eigenvalue weighted by molar-refractivity contribution is 9.10. The van der Waals surface area contributed by atoms with Crippen LogP contribution in [0.2, 0.25) is 0 Å². The first-order valence-corrected chi connectivity index (χ1v) is 8.97. The molecular formula is C15H12BrNO5S. The first kappa shape index (κ1) is 16.1. The number of rotatable bonds is 2. The SMILES string of the molecule is O=C1CCOC2(C=CC(=NS(=O)(=O)c3ccccc3Br)C=C2)O1. The Balaban J connectivity index is 1.87. The van der Waals surface area contributed by atoms with Crippen molar-refractivity contribution in [3.05, 3.63) is 53.0 Å². The number of halogens is 1. The predicted octanol–water partition coefficient (Wildman–Crippen LogP) is 2.36. The van der Waals surface area contributed by atoms with E-state index in [9.17, 15) is 13.2 Å². The number of sulfonamides is 1. The second-order valence-electron chi connectivity index (χ2n) is 4.88. The van der Waals surface area contributed by atoms with Crippen LogP contribution in [0.3, 0.4) is 0 Å². The zero-order valence-corrected chi connectivity index (χ0v) is 14.2. The van der Waals surface area contributed by atoms with Gasteiger partial charge in [-0.3, -0.25) is 4.79 Å². The van der Waals surface area contributed by atoms with Crippen molar-refractivity contribution >= 4 is 37.6 Å². The van der Waals surface area contributed by atoms with Crippen molar-refractivity contribution in [1.82, 2.24) is 0 Å². The fourth-order valence-electron chi connectivity index (χ4n) is 2.13. The fraction of sp³-hybridized carbons (Fsp3) is 0.200. The van der Waals surface area contributed by atoms with Crippen LogP contribution < -0.4 is 0 Å². The van der Waals surface area contributed by atoms with Gasteiger partial charge in [-0.2, -0.15) is 12.8 Å². The molecule has 8 heteroatoms. The van der Waals surface area contributed by atoms with Gasteiger partial charge in [-0.25, -0.2) is 0 Å². The van der Waals surface area contributed by atoms with E-state index in [1.165, 1.54) is 30.4 Å². The second-order valence-corrected chi connectivity index (χ2v) is 7.31. The van der Waals surface area contributed by atoms with Gasteiger partial charge < -0.3 is 9.47 Å². The van der Waals surface area contributed by atoms with E-state index in [2.05, 4.69) is 20.3 Å². The van der Waals surface area contributed by atoms with Crippen LogP contribution in [0.4, 0.5) is 0 Å². The van der Waals surface area contributed by atoms with Crippen LogP contribution in [-0.4, -0.2) is 32.5 Å². The average molecular weight is 398 g/mol. The van der Waals surface area contributed by atoms with Gasteiger partial charge in [-0.1, -0.05) is 12.1 Å². The summed E-state index contributed by atoms with van der Waals surface area (Å²) in [6.45, 7) is 0.245. The van der Waals surface area contributed by atoms with Gasteiger partial charge in [0.05, 0.1) is 18.7 Å². The smallest absolute Gasteiger partial charge is 0.311 e. The third-order valence-corrected chi connectivity index (χ3v) is 5.54. The van der Waals surface area contributed by atoms with E-state index in [0.717, 1.165) is 0 Å². The number of carbonyl (C=O) groups excluding carboxylic acids is 1. The quantitative estimate of drug-likeness (QED) is 0.715. The highest BCUT2D eigenvalue weighted by Crippen LogP contribution is 2.27. The number of hydrogen-bond donors (Lipinski definition) is 0. The summed E-state index contributed by atoms with van der Waals surface area (Å²) in [6.07, 6.45) is 6.04. The third kappa shape index (κ3) is 3.44. The minimum absolute atomic E-state index is 0.0786. The van der Waals surface area contributed by atoms with Crippen molar-refractivity contribution in [2.45, 2.75) is 17.1 Å². The van der Waals surface area contributed by atoms with Crippen molar-refractivity contribution < 1.29 is 22.7 Å². The van der Waals surface area contributed by atoms with Crippen LogP contribution in [0.25, 0.3) is 0 Å². The van der Waals surface area contributed by atoms with E-state index in [-0.39, 0.29) is 29.6 Å². The normalized spacial score (nSPS) is 23.9. The van der Waals surface area contributed by atoms with Gasteiger partial charge >= 0.3 is 5.97 Å². The molecule has 3 rings (SSSR count). The molecule has 1 spiro atoms. The monoisotopic (exact) mass is 397 g/mol. The summed E-state index contributed by atoms with van der Waals surface area (Å²) in [6, 6.07) is 6.43. The lowest BCUT2D eigenvalue weighted by Crippen LogP contribution is -2.40. The van der Waals surface area contributed by atoms with Gasteiger partial charge in [0.1, 0.15) is 4.90 Å². The molecule has 0 radical (unpaired) electrons. The molecule has 0 unspecified atom stereocenters. The molecule has 0 amide bonds. The highest BCUT2D eigenvalue weighted by atomic mass is 79.9. The lowest BCUT2D eigenvalue weighted by molar-refractivity contribution is -0.211. The predicted molar refractivity (Wildman–Crippen MR) is 86.4 cm³/mol. The molecule has 2 aliphatic rings. The maximum Gasteiger partial charge on any atom is 0.311 e. The van der Waals surface area contributed by atoms with E-state index in [1.54, 1.807) is 18.2 Å². The molecule has 23 heavy (non-hydrogen) atoms. The molecule has 1 aliphatic carbocycles. The molecule has 0 aromatic heterocycles. The molecule has 1 saturated heterocycles. The van der Waals surface area contributed by atoms with Gasteiger partial charge in [-0.15, -0.1) is 0 Å². The summed E-state index contributed by atoms with van der Waals surface area (Å²) in [5.74, 6) is -1.63. The molecule has 1 aromatic carbocycles. The lowest BCUT2D eigenvalue weighted by atomic mass is 10.1. The molecule has 0 N–H and O–H groups in total. The Labute approximate surface area is 141 Å².